The van der Waals surface area contributed by atoms with Crippen LogP contribution in [0, 0.1) is 0 Å². The number of benzene rings is 2. The van der Waals surface area contributed by atoms with E-state index in [0.29, 0.717) is 11.8 Å². The lowest BCUT2D eigenvalue weighted by Crippen LogP contribution is -2.08. The summed E-state index contributed by atoms with van der Waals surface area (Å²) in [5.41, 5.74) is 15.0. The van der Waals surface area contributed by atoms with Gasteiger partial charge in [-0.15, -0.1) is 10.5 Å². The fourth-order valence-corrected chi connectivity index (χ4v) is 9.53. The molecule has 3 unspecified atom stereocenters. The predicted octanol–water partition coefficient (Wildman–Crippen LogP) is 11.4. The zero-order valence-electron chi connectivity index (χ0n) is 26.8. The Balaban J connectivity index is 1.20. The van der Waals surface area contributed by atoms with Crippen molar-refractivity contribution in [2.24, 2.45) is 0 Å². The van der Waals surface area contributed by atoms with E-state index >= 15 is 0 Å². The molecule has 4 aromatic rings. The SMILES string of the molecule is C=C1C2=C(/C(=C\C)C3=CC(c4ccc(-c5ccccn5)cc4)=CS(C4=CCC(c5ccccn5)CC4)=C3)C=CCC2c2ccccc21. The molecule has 0 saturated heterocycles. The molecule has 8 rings (SSSR count). The maximum Gasteiger partial charge on any atom is 0.0701 e. The largest absolute Gasteiger partial charge is 0.261 e. The lowest BCUT2D eigenvalue weighted by Gasteiger charge is -2.27. The highest BCUT2D eigenvalue weighted by Gasteiger charge is 2.34. The van der Waals surface area contributed by atoms with E-state index in [1.165, 1.54) is 60.7 Å². The molecule has 1 aliphatic heterocycles. The monoisotopic (exact) mass is 626 g/mol. The molecule has 3 heteroatoms. The molecule has 3 atom stereocenters. The molecule has 230 valence electrons. The Morgan fingerprint density at radius 2 is 1.66 bits per heavy atom. The minimum atomic E-state index is -0.123. The highest BCUT2D eigenvalue weighted by atomic mass is 32.2. The van der Waals surface area contributed by atoms with E-state index in [2.05, 4.69) is 131 Å². The van der Waals surface area contributed by atoms with Gasteiger partial charge in [0, 0.05) is 35.5 Å². The van der Waals surface area contributed by atoms with Gasteiger partial charge in [-0.3, -0.25) is 9.97 Å². The second-order valence-electron chi connectivity index (χ2n) is 12.6. The van der Waals surface area contributed by atoms with Crippen molar-refractivity contribution in [3.05, 3.63) is 189 Å². The summed E-state index contributed by atoms with van der Waals surface area (Å²) in [5, 5.41) is 5.03. The normalized spacial score (nSPS) is 22.1. The summed E-state index contributed by atoms with van der Waals surface area (Å²) in [6, 6.07) is 30.1. The smallest absolute Gasteiger partial charge is 0.0701 e. The third kappa shape index (κ3) is 5.59. The molecule has 0 amide bonds. The molecule has 0 saturated carbocycles. The van der Waals surface area contributed by atoms with Crippen molar-refractivity contribution < 1.29 is 0 Å². The third-order valence-electron chi connectivity index (χ3n) is 9.95. The second kappa shape index (κ2) is 12.7. The third-order valence-corrected chi connectivity index (χ3v) is 11.9. The van der Waals surface area contributed by atoms with Gasteiger partial charge < -0.3 is 0 Å². The number of aromatic nitrogens is 2. The Hall–Kier alpha value is -4.86. The van der Waals surface area contributed by atoms with Crippen molar-refractivity contribution >= 4 is 27.0 Å². The number of allylic oxidation sites excluding steroid dienone is 12. The van der Waals surface area contributed by atoms with Crippen LogP contribution in [0.3, 0.4) is 0 Å². The number of rotatable bonds is 6. The molecule has 0 fully saturated rings. The van der Waals surface area contributed by atoms with Crippen LogP contribution in [0.2, 0.25) is 0 Å². The van der Waals surface area contributed by atoms with Crippen LogP contribution in [0.15, 0.2) is 167 Å². The first-order valence-electron chi connectivity index (χ1n) is 16.7. The standard InChI is InChI=1S/C44H38N2S/c1-3-37(40-13-10-14-41-39-12-5-4-11-38(39)30(2)44(40)41)35-27-34(31-17-19-32(20-18-31)42-15-6-8-25-45-42)28-47(29-35)36-23-21-33(22-24-36)43-16-7-9-26-46-43/h3-13,15-20,23,25-29,33,41H,2,14,21-22,24H2,1H3/b37-3-. The van der Waals surface area contributed by atoms with Gasteiger partial charge in [-0.05, 0) is 129 Å². The minimum Gasteiger partial charge on any atom is -0.261 e. The van der Waals surface area contributed by atoms with Crippen molar-refractivity contribution in [1.82, 2.24) is 9.97 Å². The molecular formula is C44H38N2S. The highest BCUT2D eigenvalue weighted by molar-refractivity contribution is 8.21. The predicted molar refractivity (Wildman–Crippen MR) is 201 cm³/mol. The van der Waals surface area contributed by atoms with Gasteiger partial charge in [-0.25, -0.2) is 0 Å². The maximum atomic E-state index is 4.68. The zero-order chi connectivity index (χ0) is 31.7. The fraction of sp³-hybridized carbons (Fsp3) is 0.159. The highest BCUT2D eigenvalue weighted by Crippen LogP contribution is 2.52. The summed E-state index contributed by atoms with van der Waals surface area (Å²) in [7, 11) is -0.123. The summed E-state index contributed by atoms with van der Waals surface area (Å²) < 4.78 is 0. The maximum absolute atomic E-state index is 4.68. The van der Waals surface area contributed by atoms with Crippen LogP contribution < -0.4 is 0 Å². The number of hydrogen-bond acceptors (Lipinski definition) is 2. The number of hydrogen-bond donors (Lipinski definition) is 0. The second-order valence-corrected chi connectivity index (χ2v) is 14.4. The Morgan fingerprint density at radius 3 is 2.40 bits per heavy atom. The first-order chi connectivity index (χ1) is 23.2. The van der Waals surface area contributed by atoms with E-state index < -0.39 is 0 Å². The van der Waals surface area contributed by atoms with Gasteiger partial charge in [0.25, 0.3) is 0 Å². The van der Waals surface area contributed by atoms with Crippen molar-refractivity contribution in [3.63, 3.8) is 0 Å². The van der Waals surface area contributed by atoms with Crippen molar-refractivity contribution in [2.45, 2.75) is 44.4 Å². The van der Waals surface area contributed by atoms with Crippen LogP contribution in [0.1, 0.15) is 66.8 Å². The van der Waals surface area contributed by atoms with E-state index in [1.807, 2.05) is 30.6 Å². The summed E-state index contributed by atoms with van der Waals surface area (Å²) in [6.07, 6.45) is 20.0. The Morgan fingerprint density at radius 1 is 0.872 bits per heavy atom. The first kappa shape index (κ1) is 29.5. The number of fused-ring (bicyclic) bond motifs is 3. The van der Waals surface area contributed by atoms with Gasteiger partial charge in [0.2, 0.25) is 0 Å². The van der Waals surface area contributed by atoms with Gasteiger partial charge in [0.1, 0.15) is 0 Å². The molecule has 2 aromatic heterocycles. The minimum absolute atomic E-state index is 0.123. The van der Waals surface area contributed by atoms with Crippen LogP contribution in [-0.4, -0.2) is 15.3 Å². The molecule has 3 aliphatic carbocycles. The first-order valence-corrected chi connectivity index (χ1v) is 18.0. The van der Waals surface area contributed by atoms with Crippen LogP contribution in [0.25, 0.3) is 22.4 Å². The molecule has 4 aliphatic rings. The Labute approximate surface area is 281 Å². The molecule has 47 heavy (non-hydrogen) atoms. The molecule has 2 nitrogen and oxygen atoms in total. The summed E-state index contributed by atoms with van der Waals surface area (Å²) in [6.45, 7) is 6.82. The molecule has 0 spiro atoms. The van der Waals surface area contributed by atoms with Gasteiger partial charge in [0.05, 0.1) is 5.69 Å². The van der Waals surface area contributed by atoms with E-state index in [9.17, 15) is 0 Å². The van der Waals surface area contributed by atoms with Crippen LogP contribution in [-0.2, 0) is 0 Å². The Kier molecular flexibility index (Phi) is 8.00. The van der Waals surface area contributed by atoms with E-state index in [1.54, 1.807) is 0 Å². The molecule has 0 radical (unpaired) electrons. The number of nitrogens with zero attached hydrogens (tertiary/aromatic N) is 2. The van der Waals surface area contributed by atoms with E-state index in [-0.39, 0.29) is 10.5 Å². The van der Waals surface area contributed by atoms with Crippen molar-refractivity contribution in [3.8, 4) is 11.3 Å². The molecule has 2 aromatic carbocycles. The van der Waals surface area contributed by atoms with Crippen molar-refractivity contribution in [2.75, 3.05) is 0 Å². The van der Waals surface area contributed by atoms with Gasteiger partial charge in [-0.2, -0.15) is 0 Å². The summed E-state index contributed by atoms with van der Waals surface area (Å²) >= 11 is 0. The lowest BCUT2D eigenvalue weighted by molar-refractivity contribution is 0.597. The van der Waals surface area contributed by atoms with Crippen LogP contribution >= 0.6 is 10.5 Å². The van der Waals surface area contributed by atoms with Crippen LogP contribution in [0.4, 0.5) is 0 Å². The van der Waals surface area contributed by atoms with Gasteiger partial charge in [-0.1, -0.05) is 91.5 Å². The molecule has 3 heterocycles. The van der Waals surface area contributed by atoms with E-state index in [0.717, 1.165) is 36.9 Å². The van der Waals surface area contributed by atoms with Crippen molar-refractivity contribution in [1.29, 1.82) is 0 Å². The Bertz CT molecular complexity index is 2090. The fourth-order valence-electron chi connectivity index (χ4n) is 7.57. The van der Waals surface area contributed by atoms with E-state index in [4.69, 9.17) is 0 Å². The lowest BCUT2D eigenvalue weighted by atomic mass is 9.81. The summed E-state index contributed by atoms with van der Waals surface area (Å²) in [5.74, 6) is 0.859. The average Bonchev–Trinajstić information content (AvgIpc) is 3.45. The molecule has 0 N–H and O–H groups in total. The average molecular weight is 627 g/mol. The summed E-state index contributed by atoms with van der Waals surface area (Å²) in [4.78, 5) is 10.8. The van der Waals surface area contributed by atoms with Gasteiger partial charge >= 0.3 is 0 Å². The number of pyridine rings is 2. The molecular weight excluding hydrogens is 589 g/mol. The van der Waals surface area contributed by atoms with Crippen LogP contribution in [0.5, 0.6) is 0 Å². The topological polar surface area (TPSA) is 25.8 Å². The molecule has 0 bridgehead atoms. The van der Waals surface area contributed by atoms with Gasteiger partial charge in [0.15, 0.2) is 0 Å². The quantitative estimate of drug-likeness (QED) is 0.199. The zero-order valence-corrected chi connectivity index (χ0v) is 27.6.